The second-order valence-corrected chi connectivity index (χ2v) is 12.8. The van der Waals surface area contributed by atoms with Gasteiger partial charge in [0.25, 0.3) is 5.91 Å². The maximum absolute atomic E-state index is 14.0. The molecule has 1 unspecified atom stereocenters. The van der Waals surface area contributed by atoms with Crippen LogP contribution in [0.25, 0.3) is 0 Å². The fraction of sp³-hybridized carbons (Fsp3) is 0.250. The number of nitrogens with zero attached hydrogens (tertiary/aromatic N) is 1. The summed E-state index contributed by atoms with van der Waals surface area (Å²) in [6.07, 6.45) is 1.39. The van der Waals surface area contributed by atoms with Gasteiger partial charge in [0, 0.05) is 28.9 Å². The van der Waals surface area contributed by atoms with Gasteiger partial charge in [-0.25, -0.2) is 0 Å². The van der Waals surface area contributed by atoms with E-state index in [1.165, 1.54) is 11.8 Å². The van der Waals surface area contributed by atoms with Crippen molar-refractivity contribution in [1.82, 2.24) is 10.2 Å². The van der Waals surface area contributed by atoms with Crippen molar-refractivity contribution < 1.29 is 19.1 Å². The Morgan fingerprint density at radius 3 is 1.87 bits per heavy atom. The number of amides is 3. The molecule has 3 N–H and O–H groups in total. The van der Waals surface area contributed by atoms with Crippen LogP contribution in [0.2, 0.25) is 10.0 Å². The molecule has 0 saturated heterocycles. The van der Waals surface area contributed by atoms with Crippen molar-refractivity contribution in [3.63, 3.8) is 0 Å². The minimum atomic E-state index is -1.54. The van der Waals surface area contributed by atoms with E-state index >= 15 is 0 Å². The van der Waals surface area contributed by atoms with E-state index in [9.17, 15) is 14.4 Å². The van der Waals surface area contributed by atoms with Crippen LogP contribution in [-0.4, -0.2) is 54.1 Å². The van der Waals surface area contributed by atoms with Crippen molar-refractivity contribution in [2.75, 3.05) is 20.2 Å². The van der Waals surface area contributed by atoms with Crippen LogP contribution in [0.15, 0.2) is 103 Å². The van der Waals surface area contributed by atoms with Gasteiger partial charge >= 0.3 is 0 Å². The van der Waals surface area contributed by atoms with Gasteiger partial charge in [-0.3, -0.25) is 14.4 Å². The highest BCUT2D eigenvalue weighted by Crippen LogP contribution is 2.24. The summed E-state index contributed by atoms with van der Waals surface area (Å²) in [4.78, 5) is 42.1. The molecule has 4 rings (SSSR count). The van der Waals surface area contributed by atoms with Gasteiger partial charge < -0.3 is 20.7 Å². The van der Waals surface area contributed by atoms with Crippen LogP contribution >= 0.6 is 35.0 Å². The molecule has 46 heavy (non-hydrogen) atoms. The summed E-state index contributed by atoms with van der Waals surface area (Å²) in [6, 6.07) is 30.5. The minimum Gasteiger partial charge on any atom is -0.497 e. The Morgan fingerprint density at radius 2 is 1.35 bits per heavy atom. The Balaban J connectivity index is 1.52. The van der Waals surface area contributed by atoms with Gasteiger partial charge in [-0.05, 0) is 77.9 Å². The van der Waals surface area contributed by atoms with E-state index in [2.05, 4.69) is 5.32 Å². The molecule has 0 heterocycles. The molecule has 10 heteroatoms. The van der Waals surface area contributed by atoms with Crippen LogP contribution in [0.5, 0.6) is 5.75 Å². The number of rotatable bonds is 16. The van der Waals surface area contributed by atoms with Gasteiger partial charge in [0.1, 0.15) is 5.75 Å². The van der Waals surface area contributed by atoms with Crippen LogP contribution in [0.3, 0.4) is 0 Å². The number of hydrogen-bond donors (Lipinski definition) is 2. The fourth-order valence-electron chi connectivity index (χ4n) is 4.89. The standard InChI is InChI=1S/C36H37Cl2N3O4S/c1-45-31-15-13-28(14-16-31)24-46-32(23-25-7-3-2-4-8-25)35(43)40-33(34(39)42)36(44)41(19-17-26-9-5-11-29(37)21-26)20-18-27-10-6-12-30(38)22-27/h2-16,21-22,32-33H,17-20,23-24H2,1H3,(H2,39,42)(H,40,43)/t32-,33?/m0/s1. The summed E-state index contributed by atoms with van der Waals surface area (Å²) < 4.78 is 5.25. The molecule has 0 aliphatic carbocycles. The Labute approximate surface area is 284 Å². The average Bonchev–Trinajstić information content (AvgIpc) is 3.05. The zero-order chi connectivity index (χ0) is 32.9. The van der Waals surface area contributed by atoms with Gasteiger partial charge in [-0.1, -0.05) is 89.9 Å². The van der Waals surface area contributed by atoms with Crippen molar-refractivity contribution in [1.29, 1.82) is 0 Å². The summed E-state index contributed by atoms with van der Waals surface area (Å²) in [7, 11) is 1.61. The largest absolute Gasteiger partial charge is 0.497 e. The van der Waals surface area contributed by atoms with Gasteiger partial charge in [-0.2, -0.15) is 0 Å². The Hall–Kier alpha value is -3.98. The zero-order valence-corrected chi connectivity index (χ0v) is 27.9. The molecule has 240 valence electrons. The van der Waals surface area contributed by atoms with Gasteiger partial charge in [0.15, 0.2) is 6.04 Å². The first-order chi connectivity index (χ1) is 22.2. The lowest BCUT2D eigenvalue weighted by atomic mass is 10.1. The number of benzene rings is 4. The second kappa shape index (κ2) is 17.6. The molecule has 0 bridgehead atoms. The predicted octanol–water partition coefficient (Wildman–Crippen LogP) is 6.13. The number of methoxy groups -OCH3 is 1. The van der Waals surface area contributed by atoms with Crippen molar-refractivity contribution in [2.24, 2.45) is 5.73 Å². The third kappa shape index (κ3) is 10.8. The lowest BCUT2D eigenvalue weighted by Gasteiger charge is -2.28. The highest BCUT2D eigenvalue weighted by Gasteiger charge is 2.33. The highest BCUT2D eigenvalue weighted by molar-refractivity contribution is 7.99. The summed E-state index contributed by atoms with van der Waals surface area (Å²) in [5.41, 5.74) is 9.60. The molecule has 0 aliphatic rings. The lowest BCUT2D eigenvalue weighted by molar-refractivity contribution is -0.141. The molecule has 0 fully saturated rings. The number of thioether (sulfide) groups is 1. The Bertz CT molecular complexity index is 1560. The Morgan fingerprint density at radius 1 is 0.783 bits per heavy atom. The number of nitrogens with one attached hydrogen (secondary N) is 1. The van der Waals surface area contributed by atoms with Crippen LogP contribution in [0, 0.1) is 0 Å². The first-order valence-corrected chi connectivity index (χ1v) is 16.7. The summed E-state index contributed by atoms with van der Waals surface area (Å²) >= 11 is 13.8. The predicted molar refractivity (Wildman–Crippen MR) is 186 cm³/mol. The van der Waals surface area contributed by atoms with Crippen molar-refractivity contribution in [3.05, 3.63) is 135 Å². The van der Waals surface area contributed by atoms with Gasteiger partial charge in [-0.15, -0.1) is 11.8 Å². The van der Waals surface area contributed by atoms with Crippen molar-refractivity contribution in [2.45, 2.75) is 36.3 Å². The number of ether oxygens (including phenoxy) is 1. The first-order valence-electron chi connectivity index (χ1n) is 14.9. The molecule has 4 aromatic carbocycles. The average molecular weight is 679 g/mol. The molecule has 0 saturated carbocycles. The van der Waals surface area contributed by atoms with Crippen LogP contribution < -0.4 is 15.8 Å². The Kier molecular flexibility index (Phi) is 13.4. The van der Waals surface area contributed by atoms with Crippen LogP contribution in [-0.2, 0) is 39.4 Å². The lowest BCUT2D eigenvalue weighted by Crippen LogP contribution is -2.57. The number of primary amides is 1. The number of carbonyl (C=O) groups is 3. The van der Waals surface area contributed by atoms with E-state index in [-0.39, 0.29) is 0 Å². The van der Waals surface area contributed by atoms with Gasteiger partial charge in [0.05, 0.1) is 12.4 Å². The van der Waals surface area contributed by atoms with E-state index in [1.54, 1.807) is 24.1 Å². The number of hydrogen-bond acceptors (Lipinski definition) is 5. The maximum Gasteiger partial charge on any atom is 0.254 e. The van der Waals surface area contributed by atoms with Crippen LogP contribution in [0.4, 0.5) is 0 Å². The van der Waals surface area contributed by atoms with E-state index in [1.807, 2.05) is 91.0 Å². The third-order valence-electron chi connectivity index (χ3n) is 7.42. The summed E-state index contributed by atoms with van der Waals surface area (Å²) in [5, 5.41) is 3.29. The molecule has 0 aromatic heterocycles. The molecule has 0 aliphatic heterocycles. The number of nitrogens with two attached hydrogens (primary N) is 1. The maximum atomic E-state index is 14.0. The topological polar surface area (TPSA) is 102 Å². The third-order valence-corrected chi connectivity index (χ3v) is 9.17. The number of halogens is 2. The van der Waals surface area contributed by atoms with E-state index in [4.69, 9.17) is 33.7 Å². The van der Waals surface area contributed by atoms with E-state index in [0.29, 0.717) is 48.2 Å². The van der Waals surface area contributed by atoms with E-state index in [0.717, 1.165) is 28.0 Å². The molecule has 0 spiro atoms. The SMILES string of the molecule is COc1ccc(CS[C@@H](Cc2ccccc2)C(=O)NC(C(N)=O)C(=O)N(CCc2cccc(Cl)c2)CCc2cccc(Cl)c2)cc1. The smallest absolute Gasteiger partial charge is 0.254 e. The fourth-order valence-corrected chi connectivity index (χ4v) is 6.43. The minimum absolute atomic E-state index is 0.291. The quantitative estimate of drug-likeness (QED) is 0.139. The second-order valence-electron chi connectivity index (χ2n) is 10.8. The molecule has 4 aromatic rings. The number of carbonyl (C=O) groups excluding carboxylic acids is 3. The molecular weight excluding hydrogens is 641 g/mol. The molecule has 7 nitrogen and oxygen atoms in total. The molecule has 0 radical (unpaired) electrons. The van der Waals surface area contributed by atoms with E-state index < -0.39 is 29.0 Å². The molecule has 2 atom stereocenters. The normalized spacial score (nSPS) is 12.2. The van der Waals surface area contributed by atoms with Crippen molar-refractivity contribution >= 4 is 52.7 Å². The van der Waals surface area contributed by atoms with Gasteiger partial charge in [0.2, 0.25) is 11.8 Å². The monoisotopic (exact) mass is 677 g/mol. The molecule has 3 amide bonds. The highest BCUT2D eigenvalue weighted by atomic mass is 35.5. The van der Waals surface area contributed by atoms with Crippen LogP contribution in [0.1, 0.15) is 22.3 Å². The van der Waals surface area contributed by atoms with Crippen molar-refractivity contribution in [3.8, 4) is 5.75 Å². The molecular formula is C36H37Cl2N3O4S. The zero-order valence-electron chi connectivity index (χ0n) is 25.5. The summed E-state index contributed by atoms with van der Waals surface area (Å²) in [6.45, 7) is 0.581. The first kappa shape index (κ1) is 34.9. The summed E-state index contributed by atoms with van der Waals surface area (Å²) in [5.74, 6) is -0.652.